The third-order valence-electron chi connectivity index (χ3n) is 3.99. The van der Waals surface area contributed by atoms with Gasteiger partial charge in [-0.2, -0.15) is 0 Å². The summed E-state index contributed by atoms with van der Waals surface area (Å²) < 4.78 is 0. The summed E-state index contributed by atoms with van der Waals surface area (Å²) in [6.45, 7) is 8.72. The summed E-state index contributed by atoms with van der Waals surface area (Å²) in [6, 6.07) is 5.14. The van der Waals surface area contributed by atoms with Crippen molar-refractivity contribution in [2.45, 2.75) is 45.7 Å². The lowest BCUT2D eigenvalue weighted by atomic mass is 9.85. The molecule has 0 spiro atoms. The van der Waals surface area contributed by atoms with E-state index in [9.17, 15) is 0 Å². The first-order valence-corrected chi connectivity index (χ1v) is 6.90. The number of rotatable bonds is 3. The highest BCUT2D eigenvalue weighted by Gasteiger charge is 2.36. The van der Waals surface area contributed by atoms with Gasteiger partial charge in [-0.1, -0.05) is 26.8 Å². The molecular formula is C15H25N3. The van der Waals surface area contributed by atoms with Crippen LogP contribution in [-0.2, 0) is 0 Å². The second kappa shape index (κ2) is 5.37. The van der Waals surface area contributed by atoms with Crippen molar-refractivity contribution in [3.63, 3.8) is 0 Å². The first-order chi connectivity index (χ1) is 8.54. The van der Waals surface area contributed by atoms with E-state index in [1.54, 1.807) is 0 Å². The normalized spacial score (nSPS) is 23.2. The van der Waals surface area contributed by atoms with E-state index in [4.69, 9.17) is 5.73 Å². The van der Waals surface area contributed by atoms with Gasteiger partial charge in [-0.15, -0.1) is 0 Å². The van der Waals surface area contributed by atoms with Crippen molar-refractivity contribution in [1.82, 2.24) is 9.88 Å². The fraction of sp³-hybridized carbons (Fsp3) is 0.667. The molecule has 2 rings (SSSR count). The Kier molecular flexibility index (Phi) is 4.03. The Bertz CT molecular complexity index is 369. The van der Waals surface area contributed by atoms with E-state index in [0.717, 1.165) is 13.1 Å². The molecular weight excluding hydrogens is 222 g/mol. The molecule has 100 valence electrons. The molecule has 1 aromatic rings. The van der Waals surface area contributed by atoms with Gasteiger partial charge in [-0.25, -0.2) is 0 Å². The maximum Gasteiger partial charge on any atom is 0.0367 e. The first-order valence-electron chi connectivity index (χ1n) is 6.90. The summed E-state index contributed by atoms with van der Waals surface area (Å²) in [5.41, 5.74) is 7.57. The largest absolute Gasteiger partial charge is 0.329 e. The summed E-state index contributed by atoms with van der Waals surface area (Å²) >= 11 is 0. The number of pyridine rings is 1. The molecule has 2 unspecified atom stereocenters. The summed E-state index contributed by atoms with van der Waals surface area (Å²) in [6.07, 6.45) is 6.32. The highest BCUT2D eigenvalue weighted by Crippen LogP contribution is 2.37. The van der Waals surface area contributed by atoms with Crippen LogP contribution in [0.5, 0.6) is 0 Å². The number of hydrogen-bond donors (Lipinski definition) is 1. The number of likely N-dealkylation sites (tertiary alicyclic amines) is 1. The topological polar surface area (TPSA) is 42.1 Å². The zero-order valence-electron chi connectivity index (χ0n) is 11.8. The second-order valence-corrected chi connectivity index (χ2v) is 6.30. The van der Waals surface area contributed by atoms with E-state index >= 15 is 0 Å². The first kappa shape index (κ1) is 13.5. The molecule has 2 atom stereocenters. The van der Waals surface area contributed by atoms with Gasteiger partial charge in [0.25, 0.3) is 0 Å². The summed E-state index contributed by atoms with van der Waals surface area (Å²) in [5, 5.41) is 0. The molecule has 2 heterocycles. The number of aromatic nitrogens is 1. The third-order valence-corrected chi connectivity index (χ3v) is 3.99. The molecule has 3 heteroatoms. The van der Waals surface area contributed by atoms with E-state index in [0.29, 0.717) is 12.1 Å². The summed E-state index contributed by atoms with van der Waals surface area (Å²) in [4.78, 5) is 6.83. The van der Waals surface area contributed by atoms with Crippen molar-refractivity contribution in [1.29, 1.82) is 0 Å². The molecule has 18 heavy (non-hydrogen) atoms. The van der Waals surface area contributed by atoms with Crippen molar-refractivity contribution in [2.24, 2.45) is 11.1 Å². The molecule has 0 radical (unpaired) electrons. The SMILES string of the molecule is CC(C)(C)C(CN)N1CCCC1c1cccnc1. The van der Waals surface area contributed by atoms with E-state index in [1.807, 2.05) is 18.5 Å². The van der Waals surface area contributed by atoms with Crippen LogP contribution < -0.4 is 5.73 Å². The number of nitrogens with two attached hydrogens (primary N) is 1. The molecule has 1 saturated heterocycles. The lowest BCUT2D eigenvalue weighted by Gasteiger charge is -2.40. The van der Waals surface area contributed by atoms with Gasteiger partial charge in [0.05, 0.1) is 0 Å². The van der Waals surface area contributed by atoms with E-state index < -0.39 is 0 Å². The molecule has 0 aliphatic carbocycles. The fourth-order valence-corrected chi connectivity index (χ4v) is 3.08. The Labute approximate surface area is 110 Å². The average Bonchev–Trinajstić information content (AvgIpc) is 2.78. The number of hydrogen-bond acceptors (Lipinski definition) is 3. The molecule has 0 bridgehead atoms. The van der Waals surface area contributed by atoms with Gasteiger partial charge in [-0.05, 0) is 36.4 Å². The molecule has 2 N–H and O–H groups in total. The molecule has 1 aliphatic rings. The monoisotopic (exact) mass is 247 g/mol. The summed E-state index contributed by atoms with van der Waals surface area (Å²) in [7, 11) is 0. The minimum absolute atomic E-state index is 0.222. The van der Waals surface area contributed by atoms with Gasteiger partial charge in [0.1, 0.15) is 0 Å². The Morgan fingerprint density at radius 2 is 2.28 bits per heavy atom. The minimum atomic E-state index is 0.222. The smallest absolute Gasteiger partial charge is 0.0367 e. The van der Waals surface area contributed by atoms with Gasteiger partial charge < -0.3 is 5.73 Å². The van der Waals surface area contributed by atoms with Crippen LogP contribution in [0.1, 0.15) is 45.2 Å². The predicted molar refractivity (Wildman–Crippen MR) is 75.2 cm³/mol. The van der Waals surface area contributed by atoms with E-state index in [2.05, 4.69) is 36.7 Å². The standard InChI is InChI=1S/C15H25N3/c1-15(2,3)14(10-16)18-9-5-7-13(18)12-6-4-8-17-11-12/h4,6,8,11,13-14H,5,7,9-10,16H2,1-3H3. The zero-order valence-corrected chi connectivity index (χ0v) is 11.8. The highest BCUT2D eigenvalue weighted by molar-refractivity contribution is 5.16. The van der Waals surface area contributed by atoms with Gasteiger partial charge in [0.2, 0.25) is 0 Å². The Balaban J connectivity index is 2.22. The van der Waals surface area contributed by atoms with Crippen LogP contribution in [0.3, 0.4) is 0 Å². The van der Waals surface area contributed by atoms with Crippen LogP contribution in [0.25, 0.3) is 0 Å². The second-order valence-electron chi connectivity index (χ2n) is 6.30. The molecule has 1 aromatic heterocycles. The maximum atomic E-state index is 6.02. The fourth-order valence-electron chi connectivity index (χ4n) is 3.08. The maximum absolute atomic E-state index is 6.02. The van der Waals surface area contributed by atoms with Crippen LogP contribution in [0.4, 0.5) is 0 Å². The Morgan fingerprint density at radius 1 is 1.50 bits per heavy atom. The van der Waals surface area contributed by atoms with Crippen LogP contribution in [0, 0.1) is 5.41 Å². The van der Waals surface area contributed by atoms with Crippen LogP contribution in [0.2, 0.25) is 0 Å². The number of nitrogens with zero attached hydrogens (tertiary/aromatic N) is 2. The molecule has 0 amide bonds. The quantitative estimate of drug-likeness (QED) is 0.892. The highest BCUT2D eigenvalue weighted by atomic mass is 15.2. The van der Waals surface area contributed by atoms with Gasteiger partial charge in [0.15, 0.2) is 0 Å². The molecule has 1 aliphatic heterocycles. The van der Waals surface area contributed by atoms with Crippen molar-refractivity contribution >= 4 is 0 Å². The molecule has 1 fully saturated rings. The van der Waals surface area contributed by atoms with E-state index in [1.165, 1.54) is 18.4 Å². The predicted octanol–water partition coefficient (Wildman–Crippen LogP) is 2.59. The van der Waals surface area contributed by atoms with Gasteiger partial charge in [0, 0.05) is 31.0 Å². The van der Waals surface area contributed by atoms with Crippen LogP contribution in [0.15, 0.2) is 24.5 Å². The van der Waals surface area contributed by atoms with Gasteiger partial charge in [-0.3, -0.25) is 9.88 Å². The van der Waals surface area contributed by atoms with Crippen LogP contribution >= 0.6 is 0 Å². The average molecular weight is 247 g/mol. The Morgan fingerprint density at radius 3 is 2.83 bits per heavy atom. The zero-order chi connectivity index (χ0) is 13.2. The lowest BCUT2D eigenvalue weighted by molar-refractivity contribution is 0.0926. The molecule has 0 aromatic carbocycles. The summed E-state index contributed by atoms with van der Waals surface area (Å²) in [5.74, 6) is 0. The lowest BCUT2D eigenvalue weighted by Crippen LogP contribution is -2.48. The van der Waals surface area contributed by atoms with Gasteiger partial charge >= 0.3 is 0 Å². The minimum Gasteiger partial charge on any atom is -0.329 e. The molecule has 3 nitrogen and oxygen atoms in total. The van der Waals surface area contributed by atoms with Crippen molar-refractivity contribution in [2.75, 3.05) is 13.1 Å². The Hall–Kier alpha value is -0.930. The molecule has 0 saturated carbocycles. The van der Waals surface area contributed by atoms with Crippen molar-refractivity contribution in [3.8, 4) is 0 Å². The van der Waals surface area contributed by atoms with Crippen molar-refractivity contribution < 1.29 is 0 Å². The van der Waals surface area contributed by atoms with Crippen LogP contribution in [-0.4, -0.2) is 29.0 Å². The third kappa shape index (κ3) is 2.73. The van der Waals surface area contributed by atoms with Crippen molar-refractivity contribution in [3.05, 3.63) is 30.1 Å². The van der Waals surface area contributed by atoms with E-state index in [-0.39, 0.29) is 5.41 Å².